The summed E-state index contributed by atoms with van der Waals surface area (Å²) in [6.45, 7) is 1.11. The van der Waals surface area contributed by atoms with Crippen molar-refractivity contribution in [2.24, 2.45) is 0 Å². The lowest BCUT2D eigenvalue weighted by Crippen LogP contribution is -2.10. The van der Waals surface area contributed by atoms with Crippen LogP contribution in [0.25, 0.3) is 0 Å². The first-order valence-electron chi connectivity index (χ1n) is 3.26. The standard InChI is InChI=1S/C6H5F6NS/c1-4-2-5(6(7)13-3-4)14(8,9,10,11)12/h2-3H,1H3. The highest BCUT2D eigenvalue weighted by Gasteiger charge is 2.67. The first-order valence-corrected chi connectivity index (χ1v) is 5.21. The van der Waals surface area contributed by atoms with Gasteiger partial charge in [-0.15, -0.1) is 0 Å². The van der Waals surface area contributed by atoms with Gasteiger partial charge in [-0.2, -0.15) is 4.39 Å². The van der Waals surface area contributed by atoms with Gasteiger partial charge in [0.1, 0.15) is 0 Å². The van der Waals surface area contributed by atoms with Crippen LogP contribution in [0, 0.1) is 12.9 Å². The molecule has 1 heterocycles. The van der Waals surface area contributed by atoms with Crippen molar-refractivity contribution in [1.29, 1.82) is 0 Å². The highest BCUT2D eigenvalue weighted by Crippen LogP contribution is 3.02. The van der Waals surface area contributed by atoms with E-state index < -0.39 is 21.1 Å². The summed E-state index contributed by atoms with van der Waals surface area (Å²) < 4.78 is 73.0. The lowest BCUT2D eigenvalue weighted by atomic mass is 10.3. The third-order valence-electron chi connectivity index (χ3n) is 1.36. The number of hydrogen-bond donors (Lipinski definition) is 0. The summed E-state index contributed by atoms with van der Waals surface area (Å²) in [6.07, 6.45) is 0.738. The smallest absolute Gasteiger partial charge is 0.227 e. The Labute approximate surface area is 75.5 Å². The zero-order valence-corrected chi connectivity index (χ0v) is 7.59. The zero-order chi connectivity index (χ0) is 11.3. The maximum atomic E-state index is 12.5. The van der Waals surface area contributed by atoms with Crippen molar-refractivity contribution in [1.82, 2.24) is 4.98 Å². The minimum absolute atomic E-state index is 0.0455. The average molecular weight is 237 g/mol. The fourth-order valence-corrected chi connectivity index (χ4v) is 1.58. The molecule has 0 N–H and O–H groups in total. The summed E-state index contributed by atoms with van der Waals surface area (Å²) in [5.74, 6) is -2.20. The van der Waals surface area contributed by atoms with Gasteiger partial charge < -0.3 is 0 Å². The van der Waals surface area contributed by atoms with Crippen LogP contribution in [0.3, 0.4) is 0 Å². The molecule has 82 valence electrons. The maximum absolute atomic E-state index is 12.5. The normalized spacial score (nSPS) is 17.4. The van der Waals surface area contributed by atoms with Crippen molar-refractivity contribution >= 4 is 10.2 Å². The van der Waals surface area contributed by atoms with Crippen molar-refractivity contribution in [2.75, 3.05) is 0 Å². The molecule has 0 saturated carbocycles. The number of aryl methyl sites for hydroxylation is 1. The van der Waals surface area contributed by atoms with E-state index in [4.69, 9.17) is 0 Å². The first-order chi connectivity index (χ1) is 5.90. The highest BCUT2D eigenvalue weighted by molar-refractivity contribution is 8.45. The van der Waals surface area contributed by atoms with Crippen LogP contribution in [-0.4, -0.2) is 4.98 Å². The van der Waals surface area contributed by atoms with E-state index in [-0.39, 0.29) is 11.6 Å². The van der Waals surface area contributed by atoms with Crippen LogP contribution >= 0.6 is 10.2 Å². The number of hydrogen-bond acceptors (Lipinski definition) is 1. The molecule has 0 fully saturated rings. The molecule has 0 saturated heterocycles. The Morgan fingerprint density at radius 2 is 1.64 bits per heavy atom. The molecule has 0 radical (unpaired) electrons. The van der Waals surface area contributed by atoms with Crippen molar-refractivity contribution in [3.63, 3.8) is 0 Å². The maximum Gasteiger partial charge on any atom is 0.314 e. The number of rotatable bonds is 1. The first kappa shape index (κ1) is 11.2. The van der Waals surface area contributed by atoms with Gasteiger partial charge in [0, 0.05) is 6.20 Å². The SMILES string of the molecule is Cc1cnc(F)c(S(F)(F)(F)(F)F)c1. The van der Waals surface area contributed by atoms with Crippen molar-refractivity contribution < 1.29 is 23.8 Å². The molecule has 8 heteroatoms. The van der Waals surface area contributed by atoms with Gasteiger partial charge in [0.2, 0.25) is 5.95 Å². The van der Waals surface area contributed by atoms with E-state index in [2.05, 4.69) is 4.98 Å². The molecule has 0 unspecified atom stereocenters. The van der Waals surface area contributed by atoms with Gasteiger partial charge in [-0.3, -0.25) is 0 Å². The molecule has 14 heavy (non-hydrogen) atoms. The molecule has 0 aliphatic heterocycles. The molecule has 0 aliphatic carbocycles. The number of nitrogens with zero attached hydrogens (tertiary/aromatic N) is 1. The number of halogens is 6. The Kier molecular flexibility index (Phi) is 1.74. The fourth-order valence-electron chi connectivity index (χ4n) is 0.796. The minimum Gasteiger partial charge on any atom is -0.227 e. The van der Waals surface area contributed by atoms with Crippen LogP contribution in [0.5, 0.6) is 0 Å². The van der Waals surface area contributed by atoms with Gasteiger partial charge in [-0.05, 0) is 18.6 Å². The van der Waals surface area contributed by atoms with E-state index in [9.17, 15) is 23.8 Å². The molecule has 1 nitrogen and oxygen atoms in total. The highest BCUT2D eigenvalue weighted by atomic mass is 32.5. The molecule has 0 aromatic carbocycles. The van der Waals surface area contributed by atoms with Gasteiger partial charge in [0.15, 0.2) is 4.90 Å². The molecule has 0 amide bonds. The van der Waals surface area contributed by atoms with Gasteiger partial charge in [-0.25, -0.2) is 4.98 Å². The molecular weight excluding hydrogens is 232 g/mol. The second-order valence-electron chi connectivity index (χ2n) is 2.77. The second-order valence-corrected chi connectivity index (χ2v) is 5.15. The molecule has 1 aromatic heterocycles. The number of pyridine rings is 1. The quantitative estimate of drug-likeness (QED) is 0.527. The molecular formula is C6H5F6NS. The Hall–Kier alpha value is -0.920. The van der Waals surface area contributed by atoms with Gasteiger partial charge in [0.25, 0.3) is 0 Å². The van der Waals surface area contributed by atoms with E-state index in [1.54, 1.807) is 0 Å². The van der Waals surface area contributed by atoms with Crippen molar-refractivity contribution in [3.05, 3.63) is 23.8 Å². The fraction of sp³-hybridized carbons (Fsp3) is 0.167. The lowest BCUT2D eigenvalue weighted by Gasteiger charge is -2.40. The second kappa shape index (κ2) is 2.18. The predicted molar refractivity (Wildman–Crippen MR) is 40.3 cm³/mol. The van der Waals surface area contributed by atoms with Crippen LogP contribution in [0.4, 0.5) is 23.8 Å². The van der Waals surface area contributed by atoms with Crippen molar-refractivity contribution in [3.8, 4) is 0 Å². The molecule has 1 rings (SSSR count). The van der Waals surface area contributed by atoms with E-state index in [1.165, 1.54) is 0 Å². The summed E-state index contributed by atoms with van der Waals surface area (Å²) in [5, 5.41) is 0. The van der Waals surface area contributed by atoms with Gasteiger partial charge in [-0.1, -0.05) is 19.4 Å². The summed E-state index contributed by atoms with van der Waals surface area (Å²) in [4.78, 5) is 0.0336. The predicted octanol–water partition coefficient (Wildman–Crippen LogP) is 4.19. The molecule has 0 atom stereocenters. The summed E-state index contributed by atoms with van der Waals surface area (Å²) in [6, 6.07) is 0.0455. The number of aromatic nitrogens is 1. The summed E-state index contributed by atoms with van der Waals surface area (Å²) in [5.41, 5.74) is -0.186. The Morgan fingerprint density at radius 3 is 2.00 bits per heavy atom. The minimum atomic E-state index is -9.95. The van der Waals surface area contributed by atoms with Crippen LogP contribution in [0.15, 0.2) is 17.2 Å². The van der Waals surface area contributed by atoms with E-state index in [1.807, 2.05) is 0 Å². The lowest BCUT2D eigenvalue weighted by molar-refractivity contribution is 0.352. The average Bonchev–Trinajstić information content (AvgIpc) is 1.89. The van der Waals surface area contributed by atoms with Crippen molar-refractivity contribution in [2.45, 2.75) is 11.8 Å². The third kappa shape index (κ3) is 2.31. The topological polar surface area (TPSA) is 12.9 Å². The Bertz CT molecular complexity index is 382. The van der Waals surface area contributed by atoms with Gasteiger partial charge in [0.05, 0.1) is 0 Å². The van der Waals surface area contributed by atoms with Gasteiger partial charge >= 0.3 is 10.2 Å². The monoisotopic (exact) mass is 237 g/mol. The Balaban J connectivity index is 3.57. The summed E-state index contributed by atoms with van der Waals surface area (Å²) >= 11 is 0. The van der Waals surface area contributed by atoms with Crippen LogP contribution < -0.4 is 0 Å². The molecule has 1 aromatic rings. The van der Waals surface area contributed by atoms with Crippen LogP contribution in [0.2, 0.25) is 0 Å². The van der Waals surface area contributed by atoms with E-state index in [0.29, 0.717) is 0 Å². The van der Waals surface area contributed by atoms with Crippen LogP contribution in [0.1, 0.15) is 5.56 Å². The van der Waals surface area contributed by atoms with E-state index in [0.717, 1.165) is 13.1 Å². The largest absolute Gasteiger partial charge is 0.314 e. The van der Waals surface area contributed by atoms with E-state index >= 15 is 0 Å². The Morgan fingerprint density at radius 1 is 1.14 bits per heavy atom. The zero-order valence-electron chi connectivity index (χ0n) is 6.78. The third-order valence-corrected chi connectivity index (χ3v) is 2.48. The summed E-state index contributed by atoms with van der Waals surface area (Å²) in [7, 11) is -9.95. The molecule has 0 aliphatic rings. The van der Waals surface area contributed by atoms with Crippen LogP contribution in [-0.2, 0) is 0 Å². The molecule has 0 bridgehead atoms. The molecule has 0 spiro atoms.